The molecule has 0 aromatic heterocycles. The van der Waals surface area contributed by atoms with E-state index in [1.165, 1.54) is 24.1 Å². The second-order valence-electron chi connectivity index (χ2n) is 8.55. The molecule has 190 valence electrons. The molecule has 0 radical (unpaired) electrons. The molecule has 0 heterocycles. The molecule has 0 saturated carbocycles. The van der Waals surface area contributed by atoms with Crippen LogP contribution in [-0.2, 0) is 32.6 Å². The van der Waals surface area contributed by atoms with Crippen LogP contribution in [0.5, 0.6) is 0 Å². The van der Waals surface area contributed by atoms with Crippen molar-refractivity contribution in [2.24, 2.45) is 0 Å². The molecule has 0 saturated heterocycles. The third kappa shape index (κ3) is 5.94. The highest BCUT2D eigenvalue weighted by atomic mass is 32.2. The number of carbonyl (C=O) groups is 2. The smallest absolute Gasteiger partial charge is 0.264 e. The van der Waals surface area contributed by atoms with Crippen LogP contribution in [0.2, 0.25) is 0 Å². The van der Waals surface area contributed by atoms with Gasteiger partial charge in [0.2, 0.25) is 11.8 Å². The minimum atomic E-state index is -4.06. The number of amides is 2. The Morgan fingerprint density at radius 3 is 2.08 bits per heavy atom. The molecule has 0 fully saturated rings. The Labute approximate surface area is 213 Å². The van der Waals surface area contributed by atoms with Crippen molar-refractivity contribution in [1.29, 1.82) is 0 Å². The lowest BCUT2D eigenvalue weighted by molar-refractivity contribution is -0.139. The van der Waals surface area contributed by atoms with Crippen LogP contribution in [0, 0.1) is 6.92 Å². The molecule has 0 aliphatic rings. The first-order chi connectivity index (χ1) is 17.2. The Balaban J connectivity index is 2.07. The van der Waals surface area contributed by atoms with E-state index in [1.807, 2.05) is 50.2 Å². The van der Waals surface area contributed by atoms with Gasteiger partial charge in [-0.25, -0.2) is 8.42 Å². The zero-order valence-corrected chi connectivity index (χ0v) is 22.0. The lowest BCUT2D eigenvalue weighted by atomic mass is 10.1. The molecule has 1 atom stereocenters. The molecule has 0 bridgehead atoms. The van der Waals surface area contributed by atoms with E-state index in [2.05, 4.69) is 5.32 Å². The predicted octanol–water partition coefficient (Wildman–Crippen LogP) is 3.92. The standard InChI is InChI=1S/C28H33N3O4S/c1-5-23-14-11-12-18-26(23)31(36(34,35)25-16-7-6-8-17-25)20-27(32)30(22(3)28(33)29-4)19-24-15-10-9-13-21(24)2/h6-18,22H,5,19-20H2,1-4H3,(H,29,33)/t22-/m1/s1. The van der Waals surface area contributed by atoms with E-state index >= 15 is 0 Å². The summed E-state index contributed by atoms with van der Waals surface area (Å²) < 4.78 is 28.8. The summed E-state index contributed by atoms with van der Waals surface area (Å²) in [6.07, 6.45) is 0.590. The van der Waals surface area contributed by atoms with Crippen LogP contribution in [0.4, 0.5) is 5.69 Å². The second-order valence-corrected chi connectivity index (χ2v) is 10.4. The summed E-state index contributed by atoms with van der Waals surface area (Å²) >= 11 is 0. The highest BCUT2D eigenvalue weighted by Gasteiger charge is 2.33. The highest BCUT2D eigenvalue weighted by Crippen LogP contribution is 2.28. The topological polar surface area (TPSA) is 86.8 Å². The number of carbonyl (C=O) groups excluding carboxylic acids is 2. The van der Waals surface area contributed by atoms with Crippen molar-refractivity contribution >= 4 is 27.5 Å². The Kier molecular flexibility index (Phi) is 8.88. The van der Waals surface area contributed by atoms with Gasteiger partial charge >= 0.3 is 0 Å². The number of hydrogen-bond donors (Lipinski definition) is 1. The van der Waals surface area contributed by atoms with Crippen LogP contribution < -0.4 is 9.62 Å². The zero-order chi connectivity index (χ0) is 26.3. The molecule has 7 nitrogen and oxygen atoms in total. The minimum absolute atomic E-state index is 0.0912. The molecule has 3 aromatic carbocycles. The average Bonchev–Trinajstić information content (AvgIpc) is 2.90. The maximum absolute atomic E-state index is 13.8. The maximum atomic E-state index is 13.8. The summed E-state index contributed by atoms with van der Waals surface area (Å²) in [6.45, 7) is 5.25. The van der Waals surface area contributed by atoms with Crippen LogP contribution >= 0.6 is 0 Å². The quantitative estimate of drug-likeness (QED) is 0.451. The number of nitrogens with one attached hydrogen (secondary N) is 1. The van der Waals surface area contributed by atoms with Crippen molar-refractivity contribution in [3.05, 3.63) is 95.6 Å². The van der Waals surface area contributed by atoms with E-state index in [4.69, 9.17) is 0 Å². The van der Waals surface area contributed by atoms with E-state index in [1.54, 1.807) is 37.3 Å². The lowest BCUT2D eigenvalue weighted by Crippen LogP contribution is -2.51. The fourth-order valence-electron chi connectivity index (χ4n) is 4.05. The Hall–Kier alpha value is -3.65. The highest BCUT2D eigenvalue weighted by molar-refractivity contribution is 7.92. The molecule has 8 heteroatoms. The van der Waals surface area contributed by atoms with Gasteiger partial charge in [-0.1, -0.05) is 67.6 Å². The molecule has 0 spiro atoms. The molecule has 3 rings (SSSR count). The predicted molar refractivity (Wildman–Crippen MR) is 142 cm³/mol. The van der Waals surface area contributed by atoms with E-state index in [-0.39, 0.29) is 17.3 Å². The van der Waals surface area contributed by atoms with Crippen LogP contribution in [0.1, 0.15) is 30.5 Å². The van der Waals surface area contributed by atoms with Gasteiger partial charge in [0.25, 0.3) is 10.0 Å². The van der Waals surface area contributed by atoms with Gasteiger partial charge in [-0.3, -0.25) is 13.9 Å². The molecule has 3 aromatic rings. The Bertz CT molecular complexity index is 1310. The number of rotatable bonds is 10. The summed E-state index contributed by atoms with van der Waals surface area (Å²) in [7, 11) is -2.55. The molecular formula is C28H33N3O4S. The average molecular weight is 508 g/mol. The van der Waals surface area contributed by atoms with Crippen molar-refractivity contribution in [3.8, 4) is 0 Å². The van der Waals surface area contributed by atoms with Crippen molar-refractivity contribution < 1.29 is 18.0 Å². The van der Waals surface area contributed by atoms with Crippen LogP contribution in [0.15, 0.2) is 83.8 Å². The van der Waals surface area contributed by atoms with Crippen molar-refractivity contribution in [2.75, 3.05) is 17.9 Å². The first kappa shape index (κ1) is 26.9. The molecule has 36 heavy (non-hydrogen) atoms. The number of benzene rings is 3. The lowest BCUT2D eigenvalue weighted by Gasteiger charge is -2.32. The summed E-state index contributed by atoms with van der Waals surface area (Å²) in [5.74, 6) is -0.803. The first-order valence-electron chi connectivity index (χ1n) is 11.9. The number of anilines is 1. The number of likely N-dealkylation sites (N-methyl/N-ethyl adjacent to an activating group) is 1. The van der Waals surface area contributed by atoms with E-state index in [9.17, 15) is 18.0 Å². The second kappa shape index (κ2) is 11.9. The van der Waals surface area contributed by atoms with Gasteiger partial charge in [0.15, 0.2) is 0 Å². The van der Waals surface area contributed by atoms with Crippen molar-refractivity contribution in [3.63, 3.8) is 0 Å². The maximum Gasteiger partial charge on any atom is 0.264 e. The Morgan fingerprint density at radius 2 is 1.47 bits per heavy atom. The summed E-state index contributed by atoms with van der Waals surface area (Å²) in [5.41, 5.74) is 3.10. The van der Waals surface area contributed by atoms with E-state index in [0.717, 1.165) is 21.0 Å². The van der Waals surface area contributed by atoms with Crippen LogP contribution in [-0.4, -0.2) is 44.8 Å². The van der Waals surface area contributed by atoms with E-state index in [0.29, 0.717) is 12.1 Å². The molecule has 0 aliphatic carbocycles. The van der Waals surface area contributed by atoms with Gasteiger partial charge in [0.05, 0.1) is 10.6 Å². The van der Waals surface area contributed by atoms with Gasteiger partial charge in [0.1, 0.15) is 12.6 Å². The first-order valence-corrected chi connectivity index (χ1v) is 13.4. The summed E-state index contributed by atoms with van der Waals surface area (Å²) in [5, 5.41) is 2.60. The molecular weight excluding hydrogens is 474 g/mol. The van der Waals surface area contributed by atoms with Crippen molar-refractivity contribution in [1.82, 2.24) is 10.2 Å². The number of aryl methyl sites for hydroxylation is 2. The SMILES string of the molecule is CCc1ccccc1N(CC(=O)N(Cc1ccccc1C)[C@H](C)C(=O)NC)S(=O)(=O)c1ccccc1. The molecule has 0 aliphatic heterocycles. The van der Waals surface area contributed by atoms with Gasteiger partial charge in [-0.05, 0) is 55.2 Å². The largest absolute Gasteiger partial charge is 0.357 e. The van der Waals surface area contributed by atoms with Gasteiger partial charge in [0, 0.05) is 13.6 Å². The normalized spacial score (nSPS) is 12.0. The summed E-state index contributed by atoms with van der Waals surface area (Å²) in [6, 6.07) is 22.0. The van der Waals surface area contributed by atoms with Gasteiger partial charge in [-0.15, -0.1) is 0 Å². The third-order valence-electron chi connectivity index (χ3n) is 6.27. The number of nitrogens with zero attached hydrogens (tertiary/aromatic N) is 2. The fourth-order valence-corrected chi connectivity index (χ4v) is 5.52. The monoisotopic (exact) mass is 507 g/mol. The summed E-state index contributed by atoms with van der Waals surface area (Å²) in [4.78, 5) is 27.9. The molecule has 2 amide bonds. The fraction of sp³-hybridized carbons (Fsp3) is 0.286. The third-order valence-corrected chi connectivity index (χ3v) is 8.04. The number of para-hydroxylation sites is 1. The minimum Gasteiger partial charge on any atom is -0.357 e. The van der Waals surface area contributed by atoms with Crippen LogP contribution in [0.25, 0.3) is 0 Å². The van der Waals surface area contributed by atoms with E-state index < -0.39 is 28.5 Å². The van der Waals surface area contributed by atoms with Crippen molar-refractivity contribution in [2.45, 2.75) is 44.7 Å². The number of sulfonamides is 1. The van der Waals surface area contributed by atoms with Gasteiger partial charge in [-0.2, -0.15) is 0 Å². The van der Waals surface area contributed by atoms with Gasteiger partial charge < -0.3 is 10.2 Å². The molecule has 1 N–H and O–H groups in total. The van der Waals surface area contributed by atoms with Crippen LogP contribution in [0.3, 0.4) is 0 Å². The molecule has 0 unspecified atom stereocenters. The Morgan fingerprint density at radius 1 is 0.889 bits per heavy atom. The zero-order valence-electron chi connectivity index (χ0n) is 21.1. The number of hydrogen-bond acceptors (Lipinski definition) is 4.